The molecule has 0 aliphatic heterocycles. The third kappa shape index (κ3) is 4.08. The van der Waals surface area contributed by atoms with Crippen LogP contribution in [0.2, 0.25) is 0 Å². The number of amides is 1. The van der Waals surface area contributed by atoms with Crippen molar-refractivity contribution in [3.05, 3.63) is 94.7 Å². The van der Waals surface area contributed by atoms with Crippen LogP contribution in [0.15, 0.2) is 83.6 Å². The number of nitrogens with zero attached hydrogens (tertiary/aromatic N) is 2. The molecule has 4 rings (SSSR count). The van der Waals surface area contributed by atoms with Crippen LogP contribution in [0.5, 0.6) is 0 Å². The summed E-state index contributed by atoms with van der Waals surface area (Å²) in [5.74, 6) is -0.322. The molecule has 0 spiro atoms. The van der Waals surface area contributed by atoms with Gasteiger partial charge in [-0.2, -0.15) is 0 Å². The first-order chi connectivity index (χ1) is 13.7. The van der Waals surface area contributed by atoms with E-state index in [-0.39, 0.29) is 12.5 Å². The fraction of sp³-hybridized carbons (Fsp3) is 0.0455. The Bertz CT molecular complexity index is 1120. The summed E-state index contributed by atoms with van der Waals surface area (Å²) in [6.45, 7) is 0.288. The van der Waals surface area contributed by atoms with E-state index in [1.807, 2.05) is 60.7 Å². The first-order valence-corrected chi connectivity index (χ1v) is 9.47. The molecule has 2 aromatic heterocycles. The Labute approximate surface area is 170 Å². The molecular weight excluding hydrogens is 418 g/mol. The maximum atomic E-state index is 12.9. The summed E-state index contributed by atoms with van der Waals surface area (Å²) in [4.78, 5) is 27.0. The number of carbonyl (C=O) groups excluding carboxylic acids is 1. The van der Waals surface area contributed by atoms with Gasteiger partial charge in [-0.15, -0.1) is 0 Å². The zero-order valence-corrected chi connectivity index (χ0v) is 16.4. The average Bonchev–Trinajstić information content (AvgIpc) is 2.74. The van der Waals surface area contributed by atoms with Gasteiger partial charge in [0.2, 0.25) is 0 Å². The summed E-state index contributed by atoms with van der Waals surface area (Å²) in [6.07, 6.45) is 3.40. The molecular formula is C22H16BrN3O2. The van der Waals surface area contributed by atoms with Crippen LogP contribution < -0.4 is 5.48 Å². The Hall–Kier alpha value is -3.09. The Morgan fingerprint density at radius 1 is 1.00 bits per heavy atom. The number of halogens is 1. The molecule has 0 unspecified atom stereocenters. The molecule has 0 atom stereocenters. The standard InChI is InChI=1S/C22H16BrN3O2/c23-17-6-7-20-18(12-17)19(13-21(25-20)16-8-10-24-11-9-16)22(27)26-28-14-15-4-2-1-3-5-15/h1-13H,14H2,(H,26,27). The molecule has 4 aromatic rings. The van der Waals surface area contributed by atoms with Crippen LogP contribution in [0.1, 0.15) is 15.9 Å². The van der Waals surface area contributed by atoms with Gasteiger partial charge in [-0.3, -0.25) is 14.6 Å². The SMILES string of the molecule is O=C(NOCc1ccccc1)c1cc(-c2ccncc2)nc2ccc(Br)cc12. The number of carbonyl (C=O) groups is 1. The number of benzene rings is 2. The predicted molar refractivity (Wildman–Crippen MR) is 111 cm³/mol. The summed E-state index contributed by atoms with van der Waals surface area (Å²) >= 11 is 3.46. The number of nitrogens with one attached hydrogen (secondary N) is 1. The van der Waals surface area contributed by atoms with Gasteiger partial charge in [0.05, 0.1) is 23.4 Å². The van der Waals surface area contributed by atoms with Gasteiger partial charge in [0.15, 0.2) is 0 Å². The fourth-order valence-electron chi connectivity index (χ4n) is 2.87. The number of hydrogen-bond acceptors (Lipinski definition) is 4. The fourth-order valence-corrected chi connectivity index (χ4v) is 3.23. The molecule has 0 radical (unpaired) electrons. The van der Waals surface area contributed by atoms with E-state index < -0.39 is 0 Å². The van der Waals surface area contributed by atoms with Gasteiger partial charge in [0.25, 0.3) is 5.91 Å². The van der Waals surface area contributed by atoms with Crippen molar-refractivity contribution in [2.45, 2.75) is 6.61 Å². The maximum absolute atomic E-state index is 12.9. The van der Waals surface area contributed by atoms with E-state index in [4.69, 9.17) is 4.84 Å². The molecule has 0 fully saturated rings. The normalized spacial score (nSPS) is 10.8. The first-order valence-electron chi connectivity index (χ1n) is 8.67. The third-order valence-electron chi connectivity index (χ3n) is 4.24. The predicted octanol–water partition coefficient (Wildman–Crippen LogP) is 4.92. The van der Waals surface area contributed by atoms with Gasteiger partial charge in [0, 0.05) is 27.8 Å². The molecule has 2 heterocycles. The summed E-state index contributed by atoms with van der Waals surface area (Å²) in [5.41, 5.74) is 6.32. The zero-order valence-electron chi connectivity index (χ0n) is 14.8. The van der Waals surface area contributed by atoms with Crippen LogP contribution in [-0.4, -0.2) is 15.9 Å². The van der Waals surface area contributed by atoms with Crippen LogP contribution in [0, 0.1) is 0 Å². The van der Waals surface area contributed by atoms with Gasteiger partial charge in [-0.05, 0) is 42.0 Å². The van der Waals surface area contributed by atoms with Crippen LogP contribution in [0.25, 0.3) is 22.2 Å². The number of rotatable bonds is 5. The van der Waals surface area contributed by atoms with Crippen molar-refractivity contribution >= 4 is 32.7 Å². The lowest BCUT2D eigenvalue weighted by atomic mass is 10.0. The monoisotopic (exact) mass is 433 g/mol. The van der Waals surface area contributed by atoms with E-state index in [2.05, 4.69) is 31.4 Å². The molecule has 0 saturated heterocycles. The van der Waals surface area contributed by atoms with Gasteiger partial charge in [-0.1, -0.05) is 46.3 Å². The molecule has 2 aromatic carbocycles. The second-order valence-electron chi connectivity index (χ2n) is 6.16. The highest BCUT2D eigenvalue weighted by Gasteiger charge is 2.15. The largest absolute Gasteiger partial charge is 0.275 e. The second kappa shape index (κ2) is 8.29. The first kappa shape index (κ1) is 18.3. The van der Waals surface area contributed by atoms with Crippen LogP contribution >= 0.6 is 15.9 Å². The van der Waals surface area contributed by atoms with Gasteiger partial charge in [0.1, 0.15) is 0 Å². The number of aromatic nitrogens is 2. The topological polar surface area (TPSA) is 64.1 Å². The molecule has 1 N–H and O–H groups in total. The van der Waals surface area contributed by atoms with Crippen molar-refractivity contribution in [3.8, 4) is 11.3 Å². The lowest BCUT2D eigenvalue weighted by molar-refractivity contribution is 0.0235. The number of pyridine rings is 2. The molecule has 5 nitrogen and oxygen atoms in total. The molecule has 0 aliphatic carbocycles. The lowest BCUT2D eigenvalue weighted by Crippen LogP contribution is -2.24. The molecule has 0 saturated carbocycles. The highest BCUT2D eigenvalue weighted by molar-refractivity contribution is 9.10. The van der Waals surface area contributed by atoms with Crippen molar-refractivity contribution < 1.29 is 9.63 Å². The van der Waals surface area contributed by atoms with E-state index in [0.717, 1.165) is 26.5 Å². The van der Waals surface area contributed by atoms with Crippen molar-refractivity contribution in [1.82, 2.24) is 15.4 Å². The van der Waals surface area contributed by atoms with Gasteiger partial charge < -0.3 is 0 Å². The Morgan fingerprint density at radius 2 is 1.79 bits per heavy atom. The highest BCUT2D eigenvalue weighted by atomic mass is 79.9. The molecule has 138 valence electrons. The number of hydroxylamine groups is 1. The third-order valence-corrected chi connectivity index (χ3v) is 4.73. The Balaban J connectivity index is 1.65. The van der Waals surface area contributed by atoms with Gasteiger partial charge >= 0.3 is 0 Å². The quantitative estimate of drug-likeness (QED) is 0.453. The minimum Gasteiger partial charge on any atom is -0.269 e. The maximum Gasteiger partial charge on any atom is 0.275 e. The Kier molecular flexibility index (Phi) is 5.41. The molecule has 28 heavy (non-hydrogen) atoms. The second-order valence-corrected chi connectivity index (χ2v) is 7.07. The van der Waals surface area contributed by atoms with Crippen molar-refractivity contribution in [2.24, 2.45) is 0 Å². The van der Waals surface area contributed by atoms with E-state index in [1.165, 1.54) is 0 Å². The summed E-state index contributed by atoms with van der Waals surface area (Å²) in [7, 11) is 0. The number of fused-ring (bicyclic) bond motifs is 1. The van der Waals surface area contributed by atoms with Crippen LogP contribution in [-0.2, 0) is 11.4 Å². The molecule has 0 aliphatic rings. The van der Waals surface area contributed by atoms with E-state index in [1.54, 1.807) is 18.5 Å². The van der Waals surface area contributed by atoms with E-state index in [0.29, 0.717) is 11.3 Å². The minimum atomic E-state index is -0.322. The van der Waals surface area contributed by atoms with Crippen molar-refractivity contribution in [3.63, 3.8) is 0 Å². The number of hydrogen-bond donors (Lipinski definition) is 1. The van der Waals surface area contributed by atoms with Crippen molar-refractivity contribution in [1.29, 1.82) is 0 Å². The summed E-state index contributed by atoms with van der Waals surface area (Å²) in [6, 6.07) is 20.8. The smallest absolute Gasteiger partial charge is 0.269 e. The lowest BCUT2D eigenvalue weighted by Gasteiger charge is -2.11. The average molecular weight is 434 g/mol. The van der Waals surface area contributed by atoms with Crippen LogP contribution in [0.3, 0.4) is 0 Å². The Morgan fingerprint density at radius 3 is 2.57 bits per heavy atom. The van der Waals surface area contributed by atoms with E-state index >= 15 is 0 Å². The van der Waals surface area contributed by atoms with Crippen molar-refractivity contribution in [2.75, 3.05) is 0 Å². The molecule has 6 heteroatoms. The molecule has 1 amide bonds. The van der Waals surface area contributed by atoms with Crippen LogP contribution in [0.4, 0.5) is 0 Å². The van der Waals surface area contributed by atoms with E-state index in [9.17, 15) is 4.79 Å². The summed E-state index contributed by atoms with van der Waals surface area (Å²) in [5, 5.41) is 0.744. The molecule has 0 bridgehead atoms. The van der Waals surface area contributed by atoms with Gasteiger partial charge in [-0.25, -0.2) is 10.5 Å². The summed E-state index contributed by atoms with van der Waals surface area (Å²) < 4.78 is 0.873. The minimum absolute atomic E-state index is 0.288. The zero-order chi connectivity index (χ0) is 19.3. The highest BCUT2D eigenvalue weighted by Crippen LogP contribution is 2.27.